The fraction of sp³-hybridized carbons (Fsp3) is 0.150. The van der Waals surface area contributed by atoms with Crippen LogP contribution in [0.2, 0.25) is 0 Å². The molecule has 0 unspecified atom stereocenters. The summed E-state index contributed by atoms with van der Waals surface area (Å²) in [5.74, 6) is 1.51. The summed E-state index contributed by atoms with van der Waals surface area (Å²) in [6.07, 6.45) is 0. The Balaban J connectivity index is 1.78. The van der Waals surface area contributed by atoms with Gasteiger partial charge in [-0.15, -0.1) is 0 Å². The van der Waals surface area contributed by atoms with Crippen LogP contribution in [0.3, 0.4) is 0 Å². The lowest BCUT2D eigenvalue weighted by Crippen LogP contribution is -2.00. The molecule has 2 aromatic carbocycles. The Kier molecular flexibility index (Phi) is 3.69. The summed E-state index contributed by atoms with van der Waals surface area (Å²) < 4.78 is 16.5. The number of benzene rings is 2. The zero-order valence-corrected chi connectivity index (χ0v) is 14.0. The molecule has 0 aliphatic heterocycles. The van der Waals surface area contributed by atoms with Gasteiger partial charge in [-0.1, -0.05) is 18.2 Å². The van der Waals surface area contributed by atoms with E-state index in [2.05, 4.69) is 4.98 Å². The Bertz CT molecular complexity index is 1110. The predicted octanol–water partition coefficient (Wildman–Crippen LogP) is 4.17. The fourth-order valence-corrected chi connectivity index (χ4v) is 3.04. The molecule has 5 heteroatoms. The van der Waals surface area contributed by atoms with Crippen molar-refractivity contribution < 1.29 is 13.9 Å². The molecule has 4 aromatic rings. The van der Waals surface area contributed by atoms with Gasteiger partial charge in [0.2, 0.25) is 0 Å². The number of aromatic amines is 1. The molecule has 5 nitrogen and oxygen atoms in total. The number of H-pyrrole nitrogens is 1. The molecular weight excluding hydrogens is 318 g/mol. The van der Waals surface area contributed by atoms with Gasteiger partial charge in [-0.25, -0.2) is 4.79 Å². The number of rotatable bonds is 4. The second-order valence-electron chi connectivity index (χ2n) is 5.83. The molecule has 0 fully saturated rings. The highest BCUT2D eigenvalue weighted by molar-refractivity contribution is 6.05. The monoisotopic (exact) mass is 335 g/mol. The van der Waals surface area contributed by atoms with Gasteiger partial charge in [-0.3, -0.25) is 0 Å². The van der Waals surface area contributed by atoms with Gasteiger partial charge in [0.25, 0.3) is 0 Å². The number of fused-ring (bicyclic) bond motifs is 3. The molecule has 0 saturated heterocycles. The highest BCUT2D eigenvalue weighted by Crippen LogP contribution is 2.29. The van der Waals surface area contributed by atoms with E-state index in [-0.39, 0.29) is 5.63 Å². The van der Waals surface area contributed by atoms with Crippen molar-refractivity contribution >= 4 is 21.9 Å². The molecule has 0 radical (unpaired) electrons. The van der Waals surface area contributed by atoms with Crippen molar-refractivity contribution in [3.8, 4) is 11.5 Å². The third kappa shape index (κ3) is 2.63. The van der Waals surface area contributed by atoms with E-state index in [4.69, 9.17) is 13.9 Å². The molecule has 25 heavy (non-hydrogen) atoms. The summed E-state index contributed by atoms with van der Waals surface area (Å²) >= 11 is 0. The predicted molar refractivity (Wildman–Crippen MR) is 96.4 cm³/mol. The third-order valence-corrected chi connectivity index (χ3v) is 4.32. The van der Waals surface area contributed by atoms with Gasteiger partial charge in [0.1, 0.15) is 29.2 Å². The van der Waals surface area contributed by atoms with Crippen LogP contribution in [0, 0.1) is 6.92 Å². The Hall–Kier alpha value is -3.21. The van der Waals surface area contributed by atoms with E-state index in [1.807, 2.05) is 49.4 Å². The lowest BCUT2D eigenvalue weighted by Gasteiger charge is -2.08. The first-order valence-corrected chi connectivity index (χ1v) is 7.97. The number of aromatic nitrogens is 1. The van der Waals surface area contributed by atoms with Crippen LogP contribution in [-0.2, 0) is 6.61 Å². The highest BCUT2D eigenvalue weighted by Gasteiger charge is 2.16. The van der Waals surface area contributed by atoms with Gasteiger partial charge in [-0.2, -0.15) is 0 Å². The number of ether oxygens (including phenoxy) is 2. The zero-order valence-electron chi connectivity index (χ0n) is 14.0. The topological polar surface area (TPSA) is 64.5 Å². The summed E-state index contributed by atoms with van der Waals surface area (Å²) in [5.41, 5.74) is 2.53. The summed E-state index contributed by atoms with van der Waals surface area (Å²) in [6, 6.07) is 14.9. The molecule has 0 aliphatic carbocycles. The van der Waals surface area contributed by atoms with E-state index < -0.39 is 0 Å². The van der Waals surface area contributed by atoms with Gasteiger partial charge in [0.05, 0.1) is 7.11 Å². The quantitative estimate of drug-likeness (QED) is 0.569. The number of methoxy groups -OCH3 is 1. The van der Waals surface area contributed by atoms with Crippen molar-refractivity contribution in [1.82, 2.24) is 4.98 Å². The average molecular weight is 335 g/mol. The minimum atomic E-state index is -0.368. The maximum absolute atomic E-state index is 12.3. The van der Waals surface area contributed by atoms with E-state index in [0.717, 1.165) is 33.5 Å². The molecular formula is C20H17NO4. The maximum Gasteiger partial charge on any atom is 0.360 e. The van der Waals surface area contributed by atoms with Crippen LogP contribution in [0.25, 0.3) is 21.9 Å². The summed E-state index contributed by atoms with van der Waals surface area (Å²) in [7, 11) is 1.63. The standard InChI is InChI=1S/C20H17NO4/c1-12-16(11-24-14-9-7-13(23-2)8-10-14)18-15-5-3-4-6-17(15)25-20(22)19(18)21-12/h3-10,21H,11H2,1-2H3. The fourth-order valence-electron chi connectivity index (χ4n) is 3.04. The number of hydrogen-bond donors (Lipinski definition) is 1. The smallest absolute Gasteiger partial charge is 0.360 e. The first-order valence-electron chi connectivity index (χ1n) is 7.97. The Morgan fingerprint density at radius 2 is 1.76 bits per heavy atom. The Morgan fingerprint density at radius 3 is 2.52 bits per heavy atom. The molecule has 0 atom stereocenters. The number of nitrogens with one attached hydrogen (secondary N) is 1. The Morgan fingerprint density at radius 1 is 1.04 bits per heavy atom. The van der Waals surface area contributed by atoms with Crippen molar-refractivity contribution in [3.63, 3.8) is 0 Å². The maximum atomic E-state index is 12.3. The van der Waals surface area contributed by atoms with Crippen molar-refractivity contribution in [3.05, 3.63) is 70.2 Å². The summed E-state index contributed by atoms with van der Waals surface area (Å²) in [4.78, 5) is 15.4. The van der Waals surface area contributed by atoms with Crippen LogP contribution in [0.1, 0.15) is 11.3 Å². The first-order chi connectivity index (χ1) is 12.2. The van der Waals surface area contributed by atoms with Gasteiger partial charge < -0.3 is 18.9 Å². The number of aryl methyl sites for hydroxylation is 1. The second kappa shape index (κ2) is 6.02. The summed E-state index contributed by atoms with van der Waals surface area (Å²) in [6.45, 7) is 2.28. The van der Waals surface area contributed by atoms with Crippen molar-refractivity contribution in [2.75, 3.05) is 7.11 Å². The first kappa shape index (κ1) is 15.3. The minimum Gasteiger partial charge on any atom is -0.497 e. The van der Waals surface area contributed by atoms with Crippen LogP contribution < -0.4 is 15.1 Å². The molecule has 2 aromatic heterocycles. The third-order valence-electron chi connectivity index (χ3n) is 4.32. The molecule has 0 amide bonds. The van der Waals surface area contributed by atoms with E-state index in [1.54, 1.807) is 13.2 Å². The van der Waals surface area contributed by atoms with Crippen LogP contribution in [0.15, 0.2) is 57.7 Å². The van der Waals surface area contributed by atoms with Crippen LogP contribution in [0.4, 0.5) is 0 Å². The second-order valence-corrected chi connectivity index (χ2v) is 5.83. The van der Waals surface area contributed by atoms with Gasteiger partial charge in [-0.05, 0) is 37.3 Å². The number of hydrogen-bond acceptors (Lipinski definition) is 4. The molecule has 126 valence electrons. The Labute approximate surface area is 143 Å². The average Bonchev–Trinajstić information content (AvgIpc) is 2.98. The minimum absolute atomic E-state index is 0.353. The SMILES string of the molecule is COc1ccc(OCc2c(C)[nH]c3c(=O)oc4ccccc4c23)cc1. The molecule has 0 saturated carbocycles. The van der Waals surface area contributed by atoms with Crippen molar-refractivity contribution in [1.29, 1.82) is 0 Å². The molecule has 0 spiro atoms. The van der Waals surface area contributed by atoms with Crippen molar-refractivity contribution in [2.45, 2.75) is 13.5 Å². The normalized spacial score (nSPS) is 11.1. The van der Waals surface area contributed by atoms with Crippen molar-refractivity contribution in [2.24, 2.45) is 0 Å². The highest BCUT2D eigenvalue weighted by atomic mass is 16.5. The van der Waals surface area contributed by atoms with E-state index in [9.17, 15) is 4.79 Å². The molecule has 0 aliphatic rings. The summed E-state index contributed by atoms with van der Waals surface area (Å²) in [5, 5.41) is 1.76. The van der Waals surface area contributed by atoms with E-state index in [0.29, 0.717) is 17.7 Å². The van der Waals surface area contributed by atoms with Crippen LogP contribution >= 0.6 is 0 Å². The molecule has 0 bridgehead atoms. The lowest BCUT2D eigenvalue weighted by molar-refractivity contribution is 0.306. The van der Waals surface area contributed by atoms with Gasteiger partial charge in [0, 0.05) is 22.0 Å². The largest absolute Gasteiger partial charge is 0.497 e. The lowest BCUT2D eigenvalue weighted by atomic mass is 10.1. The van der Waals surface area contributed by atoms with Gasteiger partial charge in [0.15, 0.2) is 0 Å². The molecule has 2 heterocycles. The number of para-hydroxylation sites is 1. The van der Waals surface area contributed by atoms with Gasteiger partial charge >= 0.3 is 5.63 Å². The van der Waals surface area contributed by atoms with E-state index >= 15 is 0 Å². The van der Waals surface area contributed by atoms with E-state index in [1.165, 1.54) is 0 Å². The van der Waals surface area contributed by atoms with Crippen LogP contribution in [0.5, 0.6) is 11.5 Å². The van der Waals surface area contributed by atoms with Crippen LogP contribution in [-0.4, -0.2) is 12.1 Å². The molecule has 4 rings (SSSR count). The molecule has 1 N–H and O–H groups in total. The zero-order chi connectivity index (χ0) is 17.4.